The van der Waals surface area contributed by atoms with Crippen molar-refractivity contribution in [3.05, 3.63) is 35.2 Å². The molecule has 4 rings (SSSR count). The van der Waals surface area contributed by atoms with Crippen molar-refractivity contribution in [2.24, 2.45) is 7.05 Å². The highest BCUT2D eigenvalue weighted by Gasteiger charge is 2.37. The number of imidazole rings is 1. The first kappa shape index (κ1) is 24.0. The van der Waals surface area contributed by atoms with Crippen LogP contribution < -0.4 is 14.8 Å². The average molecular weight is 502 g/mol. The third kappa shape index (κ3) is 5.49. The molecule has 3 heterocycles. The Hall–Kier alpha value is -3.15. The Balaban J connectivity index is 1.54. The topological polar surface area (TPSA) is 91.2 Å². The van der Waals surface area contributed by atoms with Crippen LogP contribution >= 0.6 is 11.6 Å². The first-order chi connectivity index (χ1) is 16.1. The van der Waals surface area contributed by atoms with Gasteiger partial charge in [0.25, 0.3) is 18.2 Å². The van der Waals surface area contributed by atoms with E-state index in [2.05, 4.69) is 20.3 Å². The number of rotatable bonds is 7. The molecule has 1 aliphatic carbocycles. The van der Waals surface area contributed by atoms with Gasteiger partial charge >= 0.3 is 0 Å². The highest BCUT2D eigenvalue weighted by Crippen LogP contribution is 2.34. The van der Waals surface area contributed by atoms with Crippen molar-refractivity contribution in [1.29, 1.82) is 0 Å². The number of carbonyl (C=O) groups is 1. The number of amides is 1. The fourth-order valence-electron chi connectivity index (χ4n) is 3.69. The number of aromatic nitrogens is 4. The number of nitrogens with zero attached hydrogens (tertiary/aromatic N) is 4. The molecule has 1 unspecified atom stereocenters. The minimum atomic E-state index is -2.80. The minimum absolute atomic E-state index is 0.000821. The van der Waals surface area contributed by atoms with Crippen LogP contribution in [-0.4, -0.2) is 50.4 Å². The maximum absolute atomic E-state index is 13.7. The number of hydrogen-bond acceptors (Lipinski definition) is 6. The molecule has 3 aromatic rings. The minimum Gasteiger partial charge on any atom is -0.482 e. The van der Waals surface area contributed by atoms with Crippen LogP contribution in [0.5, 0.6) is 17.5 Å². The molecule has 182 valence electrons. The van der Waals surface area contributed by atoms with E-state index < -0.39 is 37.3 Å². The Bertz CT molecular complexity index is 1210. The molecule has 3 aromatic heterocycles. The Morgan fingerprint density at radius 1 is 1.35 bits per heavy atom. The number of alkyl halides is 4. The van der Waals surface area contributed by atoms with Crippen LogP contribution in [0.3, 0.4) is 0 Å². The Morgan fingerprint density at radius 2 is 2.15 bits per heavy atom. The monoisotopic (exact) mass is 501 g/mol. The molecule has 1 N–H and O–H groups in total. The molecule has 0 spiro atoms. The second kappa shape index (κ2) is 9.61. The van der Waals surface area contributed by atoms with Crippen LogP contribution in [0.15, 0.2) is 24.4 Å². The predicted octanol–water partition coefficient (Wildman–Crippen LogP) is 4.76. The van der Waals surface area contributed by atoms with Crippen molar-refractivity contribution in [2.75, 3.05) is 6.61 Å². The lowest BCUT2D eigenvalue weighted by atomic mass is 9.92. The first-order valence-corrected chi connectivity index (χ1v) is 10.8. The zero-order valence-electron chi connectivity index (χ0n) is 17.9. The largest absolute Gasteiger partial charge is 0.482 e. The number of halogens is 5. The number of ether oxygens (including phenoxy) is 2. The van der Waals surface area contributed by atoms with E-state index in [1.807, 2.05) is 0 Å². The summed E-state index contributed by atoms with van der Waals surface area (Å²) in [6, 6.07) is 3.63. The van der Waals surface area contributed by atoms with Gasteiger partial charge in [0, 0.05) is 44.3 Å². The molecule has 0 bridgehead atoms. The molecule has 1 atom stereocenters. The Morgan fingerprint density at radius 3 is 2.88 bits per heavy atom. The maximum Gasteiger partial charge on any atom is 0.287 e. The van der Waals surface area contributed by atoms with Gasteiger partial charge in [-0.1, -0.05) is 11.6 Å². The normalized spacial score (nSPS) is 17.7. The Labute approximate surface area is 196 Å². The van der Waals surface area contributed by atoms with Gasteiger partial charge in [0.15, 0.2) is 11.4 Å². The van der Waals surface area contributed by atoms with Gasteiger partial charge in [-0.05, 0) is 18.9 Å². The van der Waals surface area contributed by atoms with Crippen LogP contribution in [0, 0.1) is 0 Å². The third-order valence-electron chi connectivity index (χ3n) is 5.22. The zero-order valence-corrected chi connectivity index (χ0v) is 18.7. The number of carbonyl (C=O) groups excluding carboxylic acids is 1. The fourth-order valence-corrected chi connectivity index (χ4v) is 3.84. The molecule has 8 nitrogen and oxygen atoms in total. The molecule has 34 heavy (non-hydrogen) atoms. The maximum atomic E-state index is 13.7. The highest BCUT2D eigenvalue weighted by molar-refractivity contribution is 6.30. The highest BCUT2D eigenvalue weighted by atomic mass is 35.5. The number of aryl methyl sites for hydroxylation is 1. The van der Waals surface area contributed by atoms with Gasteiger partial charge in [0.1, 0.15) is 12.1 Å². The summed E-state index contributed by atoms with van der Waals surface area (Å²) in [4.78, 5) is 25.2. The lowest BCUT2D eigenvalue weighted by molar-refractivity contribution is -0.0430. The van der Waals surface area contributed by atoms with Crippen LogP contribution in [-0.2, 0) is 7.05 Å². The van der Waals surface area contributed by atoms with E-state index in [-0.39, 0.29) is 40.4 Å². The number of nitrogens with one attached hydrogen (secondary N) is 1. The summed E-state index contributed by atoms with van der Waals surface area (Å²) in [7, 11) is 1.55. The van der Waals surface area contributed by atoms with Gasteiger partial charge in [0.2, 0.25) is 17.6 Å². The summed E-state index contributed by atoms with van der Waals surface area (Å²) in [5.41, 5.74) is 0.646. The van der Waals surface area contributed by atoms with Gasteiger partial charge in [-0.2, -0.15) is 4.98 Å². The molecule has 1 saturated carbocycles. The van der Waals surface area contributed by atoms with E-state index in [0.29, 0.717) is 18.4 Å². The number of fused-ring (bicyclic) bond motifs is 1. The lowest BCUT2D eigenvalue weighted by Crippen LogP contribution is -2.42. The summed E-state index contributed by atoms with van der Waals surface area (Å²) < 4.78 is 64.4. The molecule has 0 aromatic carbocycles. The van der Waals surface area contributed by atoms with Gasteiger partial charge in [-0.25, -0.2) is 27.5 Å². The zero-order chi connectivity index (χ0) is 24.5. The summed E-state index contributed by atoms with van der Waals surface area (Å²) in [5, 5.41) is 2.79. The quantitative estimate of drug-likeness (QED) is 0.469. The standard InChI is InChI=1S/C21H20ClF4N5O3/c1-31-17-13(29-18(31)19(32)28-12-3-2-6-21(25,26)8-12)4-5-16(30-17)34-20-14(33-10-15(23)24)7-11(22)9-27-20/h4-5,7,9,12,15H,2-3,6,8,10H2,1H3,(H,28,32). The van der Waals surface area contributed by atoms with Crippen molar-refractivity contribution in [3.63, 3.8) is 0 Å². The molecule has 13 heteroatoms. The molecular formula is C21H20ClF4N5O3. The van der Waals surface area contributed by atoms with Crippen molar-refractivity contribution in [2.45, 2.75) is 44.1 Å². The van der Waals surface area contributed by atoms with Crippen LogP contribution in [0.2, 0.25) is 5.02 Å². The van der Waals surface area contributed by atoms with Crippen LogP contribution in [0.25, 0.3) is 11.2 Å². The molecule has 0 aliphatic heterocycles. The summed E-state index contributed by atoms with van der Waals surface area (Å²) >= 11 is 5.86. The van der Waals surface area contributed by atoms with Crippen molar-refractivity contribution >= 4 is 28.7 Å². The average Bonchev–Trinajstić information content (AvgIpc) is 3.09. The van der Waals surface area contributed by atoms with E-state index in [1.54, 1.807) is 13.1 Å². The Kier molecular flexibility index (Phi) is 6.78. The van der Waals surface area contributed by atoms with E-state index >= 15 is 0 Å². The molecule has 0 saturated heterocycles. The third-order valence-corrected chi connectivity index (χ3v) is 5.43. The fraction of sp³-hybridized carbons (Fsp3) is 0.429. The van der Waals surface area contributed by atoms with Crippen molar-refractivity contribution < 1.29 is 31.8 Å². The molecule has 1 aliphatic rings. The van der Waals surface area contributed by atoms with Gasteiger partial charge in [-0.3, -0.25) is 4.79 Å². The number of hydrogen-bond donors (Lipinski definition) is 1. The van der Waals surface area contributed by atoms with Crippen molar-refractivity contribution in [3.8, 4) is 17.5 Å². The molecule has 1 fully saturated rings. The second-order valence-electron chi connectivity index (χ2n) is 7.87. The SMILES string of the molecule is Cn1c(C(=O)NC2CCCC(F)(F)C2)nc2ccc(Oc3ncc(Cl)cc3OCC(F)F)nc21. The van der Waals surface area contributed by atoms with E-state index in [4.69, 9.17) is 21.1 Å². The number of pyridine rings is 2. The summed E-state index contributed by atoms with van der Waals surface area (Å²) in [6.45, 7) is -0.877. The molecule has 0 radical (unpaired) electrons. The molecule has 1 amide bonds. The smallest absolute Gasteiger partial charge is 0.287 e. The van der Waals surface area contributed by atoms with E-state index in [9.17, 15) is 22.4 Å². The van der Waals surface area contributed by atoms with Gasteiger partial charge in [0.05, 0.1) is 5.02 Å². The molecular weight excluding hydrogens is 482 g/mol. The summed E-state index contributed by atoms with van der Waals surface area (Å²) in [5.74, 6) is -3.58. The summed E-state index contributed by atoms with van der Waals surface area (Å²) in [6.07, 6.45) is -1.26. The van der Waals surface area contributed by atoms with Crippen molar-refractivity contribution in [1.82, 2.24) is 24.8 Å². The lowest BCUT2D eigenvalue weighted by Gasteiger charge is -2.29. The van der Waals surface area contributed by atoms with E-state index in [1.165, 1.54) is 22.9 Å². The van der Waals surface area contributed by atoms with E-state index in [0.717, 1.165) is 0 Å². The van der Waals surface area contributed by atoms with Gasteiger partial charge < -0.3 is 19.4 Å². The predicted molar refractivity (Wildman–Crippen MR) is 114 cm³/mol. The van der Waals surface area contributed by atoms with Crippen LogP contribution in [0.4, 0.5) is 17.6 Å². The van der Waals surface area contributed by atoms with Gasteiger partial charge in [-0.15, -0.1) is 0 Å². The second-order valence-corrected chi connectivity index (χ2v) is 8.31. The van der Waals surface area contributed by atoms with Crippen LogP contribution in [0.1, 0.15) is 36.3 Å². The first-order valence-electron chi connectivity index (χ1n) is 10.4.